The van der Waals surface area contributed by atoms with Crippen molar-refractivity contribution < 1.29 is 4.79 Å². The molecule has 2 aromatic heterocycles. The van der Waals surface area contributed by atoms with E-state index in [1.54, 1.807) is 6.20 Å². The minimum absolute atomic E-state index is 0.124. The lowest BCUT2D eigenvalue weighted by Crippen LogP contribution is -2.41. The number of hydrogen-bond donors (Lipinski definition) is 1. The molecule has 108 valence electrons. The van der Waals surface area contributed by atoms with Crippen LogP contribution < -0.4 is 5.32 Å². The Morgan fingerprint density at radius 2 is 2.33 bits per heavy atom. The zero-order valence-electron chi connectivity index (χ0n) is 11.8. The fourth-order valence-electron chi connectivity index (χ4n) is 3.24. The van der Waals surface area contributed by atoms with E-state index < -0.39 is 0 Å². The van der Waals surface area contributed by atoms with Crippen LogP contribution in [0, 0.1) is 5.92 Å². The first-order valence-corrected chi connectivity index (χ1v) is 7.51. The van der Waals surface area contributed by atoms with Crippen LogP contribution in [0.2, 0.25) is 0 Å². The van der Waals surface area contributed by atoms with Gasteiger partial charge in [-0.1, -0.05) is 6.07 Å². The standard InChI is InChI=1S/C16H18N4O/c21-16(14-8-13(14)11-2-1-5-17-9-11)19-12-3-4-15-18-6-7-20(15)10-12/h1-2,5-7,9,12-14H,3-4,8,10H2,(H,19,21)/t12-,13+,14+/m1/s1. The van der Waals surface area contributed by atoms with Crippen LogP contribution in [-0.2, 0) is 17.8 Å². The maximum absolute atomic E-state index is 12.4. The number of nitrogens with one attached hydrogen (secondary N) is 1. The van der Waals surface area contributed by atoms with Crippen LogP contribution in [0.5, 0.6) is 0 Å². The molecule has 2 aromatic rings. The highest BCUT2D eigenvalue weighted by molar-refractivity contribution is 5.83. The smallest absolute Gasteiger partial charge is 0.224 e. The zero-order valence-corrected chi connectivity index (χ0v) is 11.8. The molecule has 0 spiro atoms. The van der Waals surface area contributed by atoms with Gasteiger partial charge in [-0.15, -0.1) is 0 Å². The third-order valence-corrected chi connectivity index (χ3v) is 4.52. The Morgan fingerprint density at radius 1 is 1.38 bits per heavy atom. The summed E-state index contributed by atoms with van der Waals surface area (Å²) in [5, 5.41) is 3.20. The van der Waals surface area contributed by atoms with Gasteiger partial charge in [0.05, 0.1) is 0 Å². The molecule has 0 radical (unpaired) electrons. The van der Waals surface area contributed by atoms with Gasteiger partial charge in [0.25, 0.3) is 0 Å². The highest BCUT2D eigenvalue weighted by Crippen LogP contribution is 2.47. The number of imidazole rings is 1. The molecule has 3 heterocycles. The van der Waals surface area contributed by atoms with Gasteiger partial charge in [0, 0.05) is 49.7 Å². The number of carbonyl (C=O) groups excluding carboxylic acids is 1. The molecule has 1 aliphatic carbocycles. The molecule has 3 atom stereocenters. The van der Waals surface area contributed by atoms with E-state index in [-0.39, 0.29) is 17.9 Å². The van der Waals surface area contributed by atoms with E-state index in [2.05, 4.69) is 25.9 Å². The van der Waals surface area contributed by atoms with E-state index in [1.807, 2.05) is 24.7 Å². The Kier molecular flexibility index (Phi) is 2.98. The molecular formula is C16H18N4O. The van der Waals surface area contributed by atoms with Crippen molar-refractivity contribution in [2.24, 2.45) is 5.92 Å². The summed E-state index contributed by atoms with van der Waals surface area (Å²) in [5.41, 5.74) is 1.18. The second kappa shape index (κ2) is 4.98. The average Bonchev–Trinajstić information content (AvgIpc) is 3.19. The molecule has 0 unspecified atom stereocenters. The summed E-state index contributed by atoms with van der Waals surface area (Å²) < 4.78 is 2.14. The highest BCUT2D eigenvalue weighted by Gasteiger charge is 2.44. The van der Waals surface area contributed by atoms with E-state index >= 15 is 0 Å². The van der Waals surface area contributed by atoms with Crippen molar-refractivity contribution in [2.45, 2.75) is 37.8 Å². The van der Waals surface area contributed by atoms with Crippen LogP contribution in [0.3, 0.4) is 0 Å². The molecule has 0 aromatic carbocycles. The molecule has 21 heavy (non-hydrogen) atoms. The van der Waals surface area contributed by atoms with E-state index in [4.69, 9.17) is 0 Å². The molecule has 5 nitrogen and oxygen atoms in total. The van der Waals surface area contributed by atoms with Gasteiger partial charge in [0.1, 0.15) is 5.82 Å². The predicted octanol–water partition coefficient (Wildman–Crippen LogP) is 1.51. The van der Waals surface area contributed by atoms with Gasteiger partial charge >= 0.3 is 0 Å². The summed E-state index contributed by atoms with van der Waals surface area (Å²) >= 11 is 0. The first-order chi connectivity index (χ1) is 10.3. The first kappa shape index (κ1) is 12.6. The molecule has 0 bridgehead atoms. The fraction of sp³-hybridized carbons (Fsp3) is 0.438. The molecule has 2 aliphatic rings. The molecule has 1 N–H and O–H groups in total. The van der Waals surface area contributed by atoms with Crippen molar-refractivity contribution in [2.75, 3.05) is 0 Å². The van der Waals surface area contributed by atoms with Gasteiger partial charge in [0.15, 0.2) is 0 Å². The summed E-state index contributed by atoms with van der Waals surface area (Å²) in [4.78, 5) is 20.8. The SMILES string of the molecule is O=C(N[C@@H]1CCc2nccn2C1)[C@H]1C[C@H]1c1cccnc1. The fourth-order valence-corrected chi connectivity index (χ4v) is 3.24. The number of aromatic nitrogens is 3. The molecular weight excluding hydrogens is 264 g/mol. The van der Waals surface area contributed by atoms with Crippen LogP contribution in [0.25, 0.3) is 0 Å². The van der Waals surface area contributed by atoms with Crippen LogP contribution in [0.1, 0.15) is 30.1 Å². The van der Waals surface area contributed by atoms with Crippen molar-refractivity contribution in [3.05, 3.63) is 48.3 Å². The van der Waals surface area contributed by atoms with Crippen LogP contribution >= 0.6 is 0 Å². The molecule has 1 fully saturated rings. The molecule has 4 rings (SSSR count). The molecule has 1 amide bonds. The van der Waals surface area contributed by atoms with Crippen molar-refractivity contribution in [1.82, 2.24) is 19.9 Å². The van der Waals surface area contributed by atoms with Gasteiger partial charge in [-0.3, -0.25) is 9.78 Å². The van der Waals surface area contributed by atoms with E-state index in [0.29, 0.717) is 5.92 Å². The normalized spacial score (nSPS) is 27.0. The number of pyridine rings is 1. The lowest BCUT2D eigenvalue weighted by molar-refractivity contribution is -0.123. The summed E-state index contributed by atoms with van der Waals surface area (Å²) in [6.07, 6.45) is 10.3. The molecule has 1 saturated carbocycles. The number of hydrogen-bond acceptors (Lipinski definition) is 3. The number of fused-ring (bicyclic) bond motifs is 1. The third kappa shape index (κ3) is 2.44. The van der Waals surface area contributed by atoms with Crippen molar-refractivity contribution in [1.29, 1.82) is 0 Å². The van der Waals surface area contributed by atoms with Crippen molar-refractivity contribution in [3.8, 4) is 0 Å². The van der Waals surface area contributed by atoms with E-state index in [0.717, 1.165) is 31.6 Å². The number of amides is 1. The first-order valence-electron chi connectivity index (χ1n) is 7.51. The molecule has 5 heteroatoms. The van der Waals surface area contributed by atoms with Crippen molar-refractivity contribution >= 4 is 5.91 Å². The number of aryl methyl sites for hydroxylation is 1. The zero-order chi connectivity index (χ0) is 14.2. The lowest BCUT2D eigenvalue weighted by Gasteiger charge is -2.24. The Labute approximate surface area is 123 Å². The average molecular weight is 282 g/mol. The van der Waals surface area contributed by atoms with E-state index in [9.17, 15) is 4.79 Å². The monoisotopic (exact) mass is 282 g/mol. The Hall–Kier alpha value is -2.17. The minimum atomic E-state index is 0.124. The summed E-state index contributed by atoms with van der Waals surface area (Å²) in [5.74, 6) is 1.79. The predicted molar refractivity (Wildman–Crippen MR) is 77.6 cm³/mol. The summed E-state index contributed by atoms with van der Waals surface area (Å²) in [6, 6.07) is 4.22. The van der Waals surface area contributed by atoms with Gasteiger partial charge in [-0.2, -0.15) is 0 Å². The largest absolute Gasteiger partial charge is 0.351 e. The Morgan fingerprint density at radius 3 is 3.19 bits per heavy atom. The minimum Gasteiger partial charge on any atom is -0.351 e. The second-order valence-electron chi connectivity index (χ2n) is 5.98. The number of nitrogens with zero attached hydrogens (tertiary/aromatic N) is 3. The molecule has 0 saturated heterocycles. The second-order valence-corrected chi connectivity index (χ2v) is 5.98. The van der Waals surface area contributed by atoms with Crippen LogP contribution in [-0.4, -0.2) is 26.5 Å². The van der Waals surface area contributed by atoms with Crippen LogP contribution in [0.15, 0.2) is 36.9 Å². The van der Waals surface area contributed by atoms with Gasteiger partial charge in [-0.05, 0) is 30.4 Å². The quantitative estimate of drug-likeness (QED) is 0.928. The van der Waals surface area contributed by atoms with Gasteiger partial charge in [-0.25, -0.2) is 4.98 Å². The topological polar surface area (TPSA) is 59.8 Å². The maximum atomic E-state index is 12.4. The highest BCUT2D eigenvalue weighted by atomic mass is 16.2. The summed E-state index contributed by atoms with van der Waals surface area (Å²) in [7, 11) is 0. The number of carbonyl (C=O) groups is 1. The molecule has 1 aliphatic heterocycles. The Bertz CT molecular complexity index is 651. The lowest BCUT2D eigenvalue weighted by atomic mass is 10.1. The van der Waals surface area contributed by atoms with Gasteiger partial charge in [0.2, 0.25) is 5.91 Å². The van der Waals surface area contributed by atoms with Crippen molar-refractivity contribution in [3.63, 3.8) is 0 Å². The maximum Gasteiger partial charge on any atom is 0.224 e. The summed E-state index contributed by atoms with van der Waals surface area (Å²) in [6.45, 7) is 0.839. The van der Waals surface area contributed by atoms with E-state index in [1.165, 1.54) is 5.56 Å². The Balaban J connectivity index is 1.36. The van der Waals surface area contributed by atoms with Crippen LogP contribution in [0.4, 0.5) is 0 Å². The third-order valence-electron chi connectivity index (χ3n) is 4.52. The number of rotatable bonds is 3. The van der Waals surface area contributed by atoms with Gasteiger partial charge < -0.3 is 9.88 Å².